The predicted molar refractivity (Wildman–Crippen MR) is 176 cm³/mol. The van der Waals surface area contributed by atoms with Crippen LogP contribution in [0.5, 0.6) is 17.2 Å². The Bertz CT molecular complexity index is 2010. The van der Waals surface area contributed by atoms with Crippen LogP contribution in [0.1, 0.15) is 77.2 Å². The van der Waals surface area contributed by atoms with E-state index in [4.69, 9.17) is 9.47 Å². The van der Waals surface area contributed by atoms with Crippen molar-refractivity contribution in [3.05, 3.63) is 107 Å². The summed E-state index contributed by atoms with van der Waals surface area (Å²) in [6.45, 7) is 4.17. The van der Waals surface area contributed by atoms with Gasteiger partial charge in [0, 0.05) is 36.4 Å². The van der Waals surface area contributed by atoms with Crippen molar-refractivity contribution >= 4 is 29.3 Å². The number of anilines is 1. The molecule has 1 aromatic heterocycles. The molecule has 0 bridgehead atoms. The third-order valence-corrected chi connectivity index (χ3v) is 9.48. The van der Waals surface area contributed by atoms with Gasteiger partial charge >= 0.3 is 6.18 Å². The lowest BCUT2D eigenvalue weighted by Gasteiger charge is -2.36. The van der Waals surface area contributed by atoms with E-state index in [1.807, 2.05) is 36.4 Å². The van der Waals surface area contributed by atoms with Gasteiger partial charge in [0.1, 0.15) is 23.6 Å². The molecule has 2 N–H and O–H groups in total. The van der Waals surface area contributed by atoms with Crippen LogP contribution >= 0.6 is 0 Å². The van der Waals surface area contributed by atoms with Crippen LogP contribution in [-0.2, 0) is 21.2 Å². The summed E-state index contributed by atoms with van der Waals surface area (Å²) < 4.78 is 50.0. The first-order valence-corrected chi connectivity index (χ1v) is 16.3. The summed E-state index contributed by atoms with van der Waals surface area (Å²) >= 11 is 0. The number of hydrogen-bond donors (Lipinski definition) is 2. The second kappa shape index (κ2) is 12.8. The molecule has 2 fully saturated rings. The molecule has 1 aliphatic carbocycles. The first-order chi connectivity index (χ1) is 24.3. The zero-order valence-electron chi connectivity index (χ0n) is 27.5. The molecule has 7 rings (SSSR count). The Labute approximate surface area is 290 Å². The highest BCUT2D eigenvalue weighted by Crippen LogP contribution is 2.36. The fourth-order valence-corrected chi connectivity index (χ4v) is 6.48. The molecule has 1 saturated carbocycles. The maximum atomic E-state index is 13.1. The zero-order chi connectivity index (χ0) is 36.1. The first-order valence-electron chi connectivity index (χ1n) is 16.3. The lowest BCUT2D eigenvalue weighted by atomic mass is 9.78. The van der Waals surface area contributed by atoms with Crippen molar-refractivity contribution in [2.45, 2.75) is 69.3 Å². The van der Waals surface area contributed by atoms with Crippen LogP contribution in [-0.4, -0.2) is 56.7 Å². The van der Waals surface area contributed by atoms with Crippen molar-refractivity contribution in [2.75, 3.05) is 5.32 Å². The molecule has 1 saturated heterocycles. The summed E-state index contributed by atoms with van der Waals surface area (Å²) in [7, 11) is 0. The van der Waals surface area contributed by atoms with Gasteiger partial charge in [-0.25, -0.2) is 9.97 Å². The van der Waals surface area contributed by atoms with Crippen LogP contribution in [0.3, 0.4) is 0 Å². The van der Waals surface area contributed by atoms with Gasteiger partial charge in [-0.2, -0.15) is 13.2 Å². The molecule has 0 spiro atoms. The fourth-order valence-electron chi connectivity index (χ4n) is 6.48. The monoisotopic (exact) mass is 699 g/mol. The molecule has 0 radical (unpaired) electrons. The number of nitrogens with one attached hydrogen (secondary N) is 2. The number of aromatic nitrogens is 2. The molecule has 2 aliphatic heterocycles. The van der Waals surface area contributed by atoms with E-state index >= 15 is 0 Å². The number of nitrogens with zero attached hydrogens (tertiary/aromatic N) is 3. The van der Waals surface area contributed by atoms with Gasteiger partial charge in [-0.1, -0.05) is 38.1 Å². The highest BCUT2D eigenvalue weighted by Gasteiger charge is 2.45. The molecule has 4 aromatic rings. The Morgan fingerprint density at radius 3 is 2.02 bits per heavy atom. The number of fused-ring (bicyclic) bond motifs is 1. The Morgan fingerprint density at radius 1 is 0.804 bits per heavy atom. The second-order valence-electron chi connectivity index (χ2n) is 13.3. The minimum atomic E-state index is -4.62. The molecular weight excluding hydrogens is 667 g/mol. The van der Waals surface area contributed by atoms with Crippen molar-refractivity contribution in [1.82, 2.24) is 20.2 Å². The summed E-state index contributed by atoms with van der Waals surface area (Å²) in [6.07, 6.45) is -1.04. The van der Waals surface area contributed by atoms with E-state index in [9.17, 15) is 32.3 Å². The van der Waals surface area contributed by atoms with Gasteiger partial charge in [-0.15, -0.1) is 0 Å². The number of rotatable bonds is 9. The molecule has 4 amide bonds. The molecule has 3 heterocycles. The van der Waals surface area contributed by atoms with E-state index in [0.717, 1.165) is 47.0 Å². The summed E-state index contributed by atoms with van der Waals surface area (Å²) in [5, 5.41) is 5.60. The molecular formula is C37H32F3N5O6. The Morgan fingerprint density at radius 2 is 1.41 bits per heavy atom. The van der Waals surface area contributed by atoms with Crippen LogP contribution < -0.4 is 20.1 Å². The minimum Gasteiger partial charge on any atom is -0.490 e. The Hall–Kier alpha value is -5.79. The molecule has 11 nitrogen and oxygen atoms in total. The maximum Gasteiger partial charge on any atom is 0.451 e. The lowest BCUT2D eigenvalue weighted by molar-refractivity contribution is -0.145. The van der Waals surface area contributed by atoms with E-state index in [0.29, 0.717) is 11.4 Å². The molecule has 3 aliphatic rings. The van der Waals surface area contributed by atoms with Gasteiger partial charge in [0.15, 0.2) is 5.75 Å². The number of carbonyl (C=O) groups is 4. The van der Waals surface area contributed by atoms with Crippen molar-refractivity contribution in [1.29, 1.82) is 0 Å². The van der Waals surface area contributed by atoms with Gasteiger partial charge in [0.25, 0.3) is 11.8 Å². The van der Waals surface area contributed by atoms with Crippen molar-refractivity contribution in [3.63, 3.8) is 0 Å². The van der Waals surface area contributed by atoms with Gasteiger partial charge in [0.2, 0.25) is 17.6 Å². The summed E-state index contributed by atoms with van der Waals surface area (Å²) in [5.74, 6) is -2.12. The smallest absolute Gasteiger partial charge is 0.451 e. The standard InChI is InChI=1S/C37H32F3N5O6/c1-36(2,21-5-10-25(11-6-21)51-27-18-41-35(42-19-27)37(38,39)40)20-3-8-24(9-4-20)50-26-15-23(16-26)43-22-7-12-28-29(17-22)34(49)45(33(28)48)30-13-14-31(46)44-32(30)47/h3-12,17-19,23,26,30,43H,13-16H2,1-2H3,(H,44,46,47). The molecule has 1 atom stereocenters. The number of hydrogen-bond acceptors (Lipinski definition) is 9. The topological polar surface area (TPSA) is 140 Å². The van der Waals surface area contributed by atoms with E-state index in [2.05, 4.69) is 34.4 Å². The van der Waals surface area contributed by atoms with E-state index in [1.165, 1.54) is 0 Å². The van der Waals surface area contributed by atoms with E-state index < -0.39 is 41.7 Å². The highest BCUT2D eigenvalue weighted by atomic mass is 19.4. The molecule has 1 unspecified atom stereocenters. The lowest BCUT2D eigenvalue weighted by Crippen LogP contribution is -2.54. The zero-order valence-corrected chi connectivity index (χ0v) is 27.5. The van der Waals surface area contributed by atoms with Gasteiger partial charge in [-0.3, -0.25) is 29.4 Å². The largest absolute Gasteiger partial charge is 0.490 e. The van der Waals surface area contributed by atoms with Crippen molar-refractivity contribution in [3.8, 4) is 17.2 Å². The first kappa shape index (κ1) is 33.7. The van der Waals surface area contributed by atoms with Crippen LogP contribution in [0.2, 0.25) is 0 Å². The number of ether oxygens (including phenoxy) is 2. The Balaban J connectivity index is 0.909. The summed E-state index contributed by atoms with van der Waals surface area (Å²) in [5.41, 5.74) is 2.82. The number of imide groups is 2. The number of carbonyl (C=O) groups excluding carboxylic acids is 4. The van der Waals surface area contributed by atoms with Gasteiger partial charge in [0.05, 0.1) is 23.5 Å². The Kier molecular flexibility index (Phi) is 8.48. The predicted octanol–water partition coefficient (Wildman–Crippen LogP) is 6.04. The quantitative estimate of drug-likeness (QED) is 0.200. The third-order valence-electron chi connectivity index (χ3n) is 9.48. The normalized spacial score (nSPS) is 20.4. The fraction of sp³-hybridized carbons (Fsp3) is 0.297. The van der Waals surface area contributed by atoms with Crippen LogP contribution in [0.25, 0.3) is 0 Å². The number of amides is 4. The number of benzene rings is 3. The third kappa shape index (κ3) is 6.73. The van der Waals surface area contributed by atoms with Crippen LogP contribution in [0, 0.1) is 0 Å². The molecule has 3 aromatic carbocycles. The SMILES string of the molecule is CC(C)(c1ccc(Oc2cnc(C(F)(F)F)nc2)cc1)c1ccc(OC2CC(Nc3ccc4c(c3)C(=O)N(C3CCC(=O)NC3=O)C4=O)C2)cc1. The molecule has 51 heavy (non-hydrogen) atoms. The van der Waals surface area contributed by atoms with Crippen LogP contribution in [0.4, 0.5) is 18.9 Å². The summed E-state index contributed by atoms with van der Waals surface area (Å²) in [4.78, 5) is 57.6. The van der Waals surface area contributed by atoms with Gasteiger partial charge in [-0.05, 0) is 60.0 Å². The molecule has 14 heteroatoms. The average Bonchev–Trinajstić information content (AvgIpc) is 3.32. The van der Waals surface area contributed by atoms with Crippen molar-refractivity contribution < 1.29 is 41.8 Å². The van der Waals surface area contributed by atoms with E-state index in [-0.39, 0.29) is 47.3 Å². The maximum absolute atomic E-state index is 13.1. The van der Waals surface area contributed by atoms with Crippen molar-refractivity contribution in [2.24, 2.45) is 0 Å². The number of alkyl halides is 3. The summed E-state index contributed by atoms with van der Waals surface area (Å²) in [6, 6.07) is 19.2. The highest BCUT2D eigenvalue weighted by molar-refractivity contribution is 6.23. The molecule has 262 valence electrons. The minimum absolute atomic E-state index is 0.00961. The van der Waals surface area contributed by atoms with Gasteiger partial charge < -0.3 is 14.8 Å². The number of halogens is 3. The number of piperidine rings is 1. The average molecular weight is 700 g/mol. The van der Waals surface area contributed by atoms with Crippen LogP contribution in [0.15, 0.2) is 79.1 Å². The second-order valence-corrected chi connectivity index (χ2v) is 13.3. The van der Waals surface area contributed by atoms with E-state index in [1.54, 1.807) is 30.3 Å².